The molecule has 6 nitrogen and oxygen atoms in total. The van der Waals surface area contributed by atoms with E-state index in [0.29, 0.717) is 12.6 Å². The lowest BCUT2D eigenvalue weighted by molar-refractivity contribution is 0.270. The first-order valence-corrected chi connectivity index (χ1v) is 7.24. The monoisotopic (exact) mass is 288 g/mol. The molecule has 6 heteroatoms. The SMILES string of the molecule is Cc1nonc1COc1cccc(N2CCC(N)CC2)c1. The lowest BCUT2D eigenvalue weighted by Crippen LogP contribution is -2.39. The average molecular weight is 288 g/mol. The fourth-order valence-corrected chi connectivity index (χ4v) is 2.46. The molecule has 0 radical (unpaired) electrons. The summed E-state index contributed by atoms with van der Waals surface area (Å²) in [6, 6.07) is 8.45. The number of nitrogens with zero attached hydrogens (tertiary/aromatic N) is 3. The third-order valence-electron chi connectivity index (χ3n) is 3.84. The number of aromatic nitrogens is 2. The van der Waals surface area contributed by atoms with E-state index >= 15 is 0 Å². The zero-order valence-electron chi connectivity index (χ0n) is 12.2. The van der Waals surface area contributed by atoms with Gasteiger partial charge in [0.15, 0.2) is 0 Å². The molecule has 1 saturated heterocycles. The molecule has 0 saturated carbocycles. The zero-order valence-corrected chi connectivity index (χ0v) is 12.2. The number of aryl methyl sites for hydroxylation is 1. The standard InChI is InChI=1S/C15H20N4O2/c1-11-15(18-21-17-11)10-20-14-4-2-3-13(9-14)19-7-5-12(16)6-8-19/h2-4,9,12H,5-8,10,16H2,1H3. The van der Waals surface area contributed by atoms with Crippen LogP contribution < -0.4 is 15.4 Å². The Balaban J connectivity index is 1.64. The van der Waals surface area contributed by atoms with E-state index in [1.807, 2.05) is 19.1 Å². The number of piperidine rings is 1. The van der Waals surface area contributed by atoms with Crippen LogP contribution in [0.25, 0.3) is 0 Å². The first kappa shape index (κ1) is 13.9. The van der Waals surface area contributed by atoms with Gasteiger partial charge in [-0.05, 0) is 31.9 Å². The molecule has 21 heavy (non-hydrogen) atoms. The fourth-order valence-electron chi connectivity index (χ4n) is 2.46. The quantitative estimate of drug-likeness (QED) is 0.925. The smallest absolute Gasteiger partial charge is 0.145 e. The van der Waals surface area contributed by atoms with Crippen LogP contribution in [0, 0.1) is 6.92 Å². The van der Waals surface area contributed by atoms with Gasteiger partial charge in [-0.15, -0.1) is 0 Å². The molecule has 1 aliphatic rings. The normalized spacial score (nSPS) is 16.2. The summed E-state index contributed by atoms with van der Waals surface area (Å²) in [5, 5.41) is 7.56. The Morgan fingerprint density at radius 1 is 1.33 bits per heavy atom. The second-order valence-electron chi connectivity index (χ2n) is 5.41. The lowest BCUT2D eigenvalue weighted by atomic mass is 10.1. The van der Waals surface area contributed by atoms with Crippen LogP contribution in [0.4, 0.5) is 5.69 Å². The van der Waals surface area contributed by atoms with E-state index in [0.717, 1.165) is 43.1 Å². The summed E-state index contributed by atoms with van der Waals surface area (Å²) >= 11 is 0. The molecule has 1 aliphatic heterocycles. The van der Waals surface area contributed by atoms with Crippen molar-refractivity contribution in [2.24, 2.45) is 5.73 Å². The molecule has 3 rings (SSSR count). The summed E-state index contributed by atoms with van der Waals surface area (Å²) in [5.41, 5.74) is 8.61. The van der Waals surface area contributed by atoms with Crippen LogP contribution in [0.1, 0.15) is 24.2 Å². The Hall–Kier alpha value is -2.08. The van der Waals surface area contributed by atoms with Gasteiger partial charge >= 0.3 is 0 Å². The largest absolute Gasteiger partial charge is 0.487 e. The summed E-state index contributed by atoms with van der Waals surface area (Å²) in [6.45, 7) is 4.21. The Bertz CT molecular complexity index is 591. The van der Waals surface area contributed by atoms with Gasteiger partial charge in [0.1, 0.15) is 23.7 Å². The number of benzene rings is 1. The highest BCUT2D eigenvalue weighted by molar-refractivity contribution is 5.51. The van der Waals surface area contributed by atoms with E-state index in [1.165, 1.54) is 5.69 Å². The second kappa shape index (κ2) is 6.13. The number of ether oxygens (including phenoxy) is 1. The second-order valence-corrected chi connectivity index (χ2v) is 5.41. The maximum atomic E-state index is 5.95. The molecule has 0 amide bonds. The maximum absolute atomic E-state index is 5.95. The number of nitrogens with two attached hydrogens (primary N) is 1. The fraction of sp³-hybridized carbons (Fsp3) is 0.467. The highest BCUT2D eigenvalue weighted by atomic mass is 16.6. The highest BCUT2D eigenvalue weighted by Crippen LogP contribution is 2.24. The molecular weight excluding hydrogens is 268 g/mol. The number of hydrogen-bond donors (Lipinski definition) is 1. The predicted octanol–water partition coefficient (Wildman–Crippen LogP) is 1.88. The summed E-state index contributed by atoms with van der Waals surface area (Å²) in [7, 11) is 0. The van der Waals surface area contributed by atoms with Crippen LogP contribution in [0.2, 0.25) is 0 Å². The van der Waals surface area contributed by atoms with E-state index in [9.17, 15) is 0 Å². The van der Waals surface area contributed by atoms with Gasteiger partial charge in [-0.3, -0.25) is 0 Å². The average Bonchev–Trinajstić information content (AvgIpc) is 2.91. The van der Waals surface area contributed by atoms with Gasteiger partial charge in [0, 0.05) is 30.9 Å². The topological polar surface area (TPSA) is 77.4 Å². The molecule has 2 heterocycles. The van der Waals surface area contributed by atoms with E-state index in [-0.39, 0.29) is 0 Å². The minimum atomic E-state index is 0.336. The summed E-state index contributed by atoms with van der Waals surface area (Å²) in [6.07, 6.45) is 2.07. The van der Waals surface area contributed by atoms with Crippen molar-refractivity contribution in [2.75, 3.05) is 18.0 Å². The Kier molecular flexibility index (Phi) is 4.06. The van der Waals surface area contributed by atoms with Gasteiger partial charge in [-0.25, -0.2) is 4.63 Å². The van der Waals surface area contributed by atoms with Crippen LogP contribution in [0.15, 0.2) is 28.9 Å². The molecule has 0 aliphatic carbocycles. The van der Waals surface area contributed by atoms with Crippen molar-refractivity contribution in [1.82, 2.24) is 10.3 Å². The maximum Gasteiger partial charge on any atom is 0.145 e. The van der Waals surface area contributed by atoms with Gasteiger partial charge in [-0.2, -0.15) is 0 Å². The zero-order chi connectivity index (χ0) is 14.7. The van der Waals surface area contributed by atoms with E-state index in [2.05, 4.69) is 32.0 Å². The first-order valence-electron chi connectivity index (χ1n) is 7.24. The van der Waals surface area contributed by atoms with Crippen LogP contribution in [0.3, 0.4) is 0 Å². The number of rotatable bonds is 4. The molecule has 2 aromatic rings. The third kappa shape index (κ3) is 3.33. The predicted molar refractivity (Wildman–Crippen MR) is 79.2 cm³/mol. The molecule has 112 valence electrons. The van der Waals surface area contributed by atoms with Crippen molar-refractivity contribution in [3.05, 3.63) is 35.7 Å². The van der Waals surface area contributed by atoms with Crippen LogP contribution in [0.5, 0.6) is 5.75 Å². The van der Waals surface area contributed by atoms with Gasteiger partial charge in [0.05, 0.1) is 0 Å². The minimum Gasteiger partial charge on any atom is -0.487 e. The highest BCUT2D eigenvalue weighted by Gasteiger charge is 2.16. The van der Waals surface area contributed by atoms with Gasteiger partial charge in [-0.1, -0.05) is 16.4 Å². The summed E-state index contributed by atoms with van der Waals surface area (Å²) in [5.74, 6) is 0.824. The van der Waals surface area contributed by atoms with Gasteiger partial charge in [0.25, 0.3) is 0 Å². The van der Waals surface area contributed by atoms with Crippen LogP contribution in [-0.4, -0.2) is 29.4 Å². The van der Waals surface area contributed by atoms with Crippen molar-refractivity contribution in [3.8, 4) is 5.75 Å². The van der Waals surface area contributed by atoms with Crippen molar-refractivity contribution in [2.45, 2.75) is 32.4 Å². The lowest BCUT2D eigenvalue weighted by Gasteiger charge is -2.32. The molecule has 0 spiro atoms. The van der Waals surface area contributed by atoms with E-state index < -0.39 is 0 Å². The number of hydrogen-bond acceptors (Lipinski definition) is 6. The van der Waals surface area contributed by atoms with Gasteiger partial charge in [0.2, 0.25) is 0 Å². The number of anilines is 1. The Labute approximate surface area is 123 Å². The van der Waals surface area contributed by atoms with Gasteiger partial charge < -0.3 is 15.4 Å². The van der Waals surface area contributed by atoms with Crippen LogP contribution in [-0.2, 0) is 6.61 Å². The first-order chi connectivity index (χ1) is 10.2. The molecule has 0 atom stereocenters. The molecule has 2 N–H and O–H groups in total. The summed E-state index contributed by atoms with van der Waals surface area (Å²) < 4.78 is 10.4. The Morgan fingerprint density at radius 3 is 2.86 bits per heavy atom. The molecule has 0 bridgehead atoms. The minimum absolute atomic E-state index is 0.336. The molecule has 1 aromatic carbocycles. The van der Waals surface area contributed by atoms with Crippen molar-refractivity contribution in [3.63, 3.8) is 0 Å². The van der Waals surface area contributed by atoms with Crippen molar-refractivity contribution >= 4 is 5.69 Å². The molecule has 1 fully saturated rings. The molecule has 1 aromatic heterocycles. The van der Waals surface area contributed by atoms with Crippen LogP contribution >= 0.6 is 0 Å². The molecule has 0 unspecified atom stereocenters. The third-order valence-corrected chi connectivity index (χ3v) is 3.84. The molecular formula is C15H20N4O2. The Morgan fingerprint density at radius 2 is 2.14 bits per heavy atom. The van der Waals surface area contributed by atoms with Crippen molar-refractivity contribution in [1.29, 1.82) is 0 Å². The summed E-state index contributed by atoms with van der Waals surface area (Å²) in [4.78, 5) is 2.35. The van der Waals surface area contributed by atoms with Crippen molar-refractivity contribution < 1.29 is 9.37 Å². The van der Waals surface area contributed by atoms with E-state index in [4.69, 9.17) is 10.5 Å². The van der Waals surface area contributed by atoms with E-state index in [1.54, 1.807) is 0 Å².